The maximum absolute atomic E-state index is 11.8. The van der Waals surface area contributed by atoms with Crippen molar-refractivity contribution < 1.29 is 4.79 Å². The van der Waals surface area contributed by atoms with E-state index >= 15 is 0 Å². The summed E-state index contributed by atoms with van der Waals surface area (Å²) in [6.45, 7) is 2.12. The van der Waals surface area contributed by atoms with E-state index in [0.29, 0.717) is 5.78 Å². The minimum Gasteiger partial charge on any atom is -0.295 e. The first-order valence-electron chi connectivity index (χ1n) is 8.49. The van der Waals surface area contributed by atoms with Gasteiger partial charge in [0.2, 0.25) is 0 Å². The van der Waals surface area contributed by atoms with Crippen LogP contribution in [0.25, 0.3) is 0 Å². The standard InChI is InChI=1S/C18H32O/c1-17-14-12-10-8-6-4-2-3-5-7-9-11-13-15-18(19)16-17/h16H,2-15H2,1H3. The monoisotopic (exact) mass is 264 g/mol. The van der Waals surface area contributed by atoms with Gasteiger partial charge in [0.25, 0.3) is 0 Å². The molecule has 110 valence electrons. The first-order chi connectivity index (χ1) is 9.29. The Kier molecular flexibility index (Phi) is 9.75. The minimum atomic E-state index is 0.349. The lowest BCUT2D eigenvalue weighted by molar-refractivity contribution is -0.114. The van der Waals surface area contributed by atoms with Crippen molar-refractivity contribution >= 4 is 5.78 Å². The van der Waals surface area contributed by atoms with Crippen molar-refractivity contribution in [1.82, 2.24) is 0 Å². The largest absolute Gasteiger partial charge is 0.295 e. The molecule has 0 amide bonds. The quantitative estimate of drug-likeness (QED) is 0.526. The van der Waals surface area contributed by atoms with Crippen molar-refractivity contribution in [2.45, 2.75) is 96.8 Å². The van der Waals surface area contributed by atoms with Crippen LogP contribution in [0, 0.1) is 0 Å². The van der Waals surface area contributed by atoms with E-state index in [9.17, 15) is 4.79 Å². The van der Waals surface area contributed by atoms with E-state index in [-0.39, 0.29) is 0 Å². The van der Waals surface area contributed by atoms with Crippen molar-refractivity contribution in [1.29, 1.82) is 0 Å². The van der Waals surface area contributed by atoms with E-state index in [1.54, 1.807) is 0 Å². The van der Waals surface area contributed by atoms with Crippen molar-refractivity contribution in [2.75, 3.05) is 0 Å². The summed E-state index contributed by atoms with van der Waals surface area (Å²) in [4.78, 5) is 11.8. The molecule has 1 nitrogen and oxygen atoms in total. The summed E-state index contributed by atoms with van der Waals surface area (Å²) in [7, 11) is 0. The first-order valence-corrected chi connectivity index (χ1v) is 8.49. The van der Waals surface area contributed by atoms with Crippen LogP contribution in [0.15, 0.2) is 11.6 Å². The highest BCUT2D eigenvalue weighted by atomic mass is 16.1. The van der Waals surface area contributed by atoms with E-state index in [2.05, 4.69) is 6.92 Å². The molecule has 0 bridgehead atoms. The van der Waals surface area contributed by atoms with Gasteiger partial charge in [-0.05, 0) is 32.3 Å². The Morgan fingerprint density at radius 2 is 1.00 bits per heavy atom. The highest BCUT2D eigenvalue weighted by molar-refractivity contribution is 5.90. The van der Waals surface area contributed by atoms with Gasteiger partial charge in [-0.1, -0.05) is 69.8 Å². The third-order valence-electron chi connectivity index (χ3n) is 4.15. The molecular formula is C18H32O. The molecule has 0 saturated carbocycles. The fourth-order valence-corrected chi connectivity index (χ4v) is 2.89. The molecule has 1 rings (SSSR count). The summed E-state index contributed by atoms with van der Waals surface area (Å²) in [6, 6.07) is 0. The Hall–Kier alpha value is -0.590. The van der Waals surface area contributed by atoms with Crippen molar-refractivity contribution in [3.05, 3.63) is 11.6 Å². The molecule has 0 aromatic rings. The van der Waals surface area contributed by atoms with E-state index in [0.717, 1.165) is 19.3 Å². The number of carbonyl (C=O) groups is 1. The molecule has 0 N–H and O–H groups in total. The molecule has 1 heteroatoms. The normalized spacial score (nSPS) is 22.6. The van der Waals surface area contributed by atoms with Crippen LogP contribution in [0.3, 0.4) is 0 Å². The predicted molar refractivity (Wildman–Crippen MR) is 83.4 cm³/mol. The van der Waals surface area contributed by atoms with Crippen molar-refractivity contribution in [2.24, 2.45) is 0 Å². The molecule has 0 unspecified atom stereocenters. The van der Waals surface area contributed by atoms with Crippen molar-refractivity contribution in [3.63, 3.8) is 0 Å². The molecule has 0 aromatic carbocycles. The van der Waals surface area contributed by atoms with Gasteiger partial charge in [-0.2, -0.15) is 0 Å². The molecule has 0 spiro atoms. The summed E-state index contributed by atoms with van der Waals surface area (Å²) in [5.41, 5.74) is 1.29. The van der Waals surface area contributed by atoms with Crippen LogP contribution in [-0.4, -0.2) is 5.78 Å². The molecule has 1 aliphatic carbocycles. The van der Waals surface area contributed by atoms with E-state index < -0.39 is 0 Å². The third-order valence-corrected chi connectivity index (χ3v) is 4.15. The summed E-state index contributed by atoms with van der Waals surface area (Å²) in [6.07, 6.45) is 19.8. The van der Waals surface area contributed by atoms with Crippen molar-refractivity contribution in [3.8, 4) is 0 Å². The average molecular weight is 264 g/mol. The van der Waals surface area contributed by atoms with Gasteiger partial charge in [-0.15, -0.1) is 0 Å². The molecule has 19 heavy (non-hydrogen) atoms. The zero-order chi connectivity index (χ0) is 13.8. The Labute approximate surface area is 119 Å². The Morgan fingerprint density at radius 3 is 1.47 bits per heavy atom. The molecule has 0 aliphatic heterocycles. The van der Waals surface area contributed by atoms with E-state index in [1.165, 1.54) is 76.2 Å². The number of carbonyl (C=O) groups excluding carboxylic acids is 1. The topological polar surface area (TPSA) is 17.1 Å². The van der Waals surface area contributed by atoms with Crippen LogP contribution < -0.4 is 0 Å². The molecule has 1 aliphatic rings. The van der Waals surface area contributed by atoms with E-state index in [1.807, 2.05) is 6.08 Å². The van der Waals surface area contributed by atoms with Gasteiger partial charge in [0.1, 0.15) is 0 Å². The maximum Gasteiger partial charge on any atom is 0.155 e. The van der Waals surface area contributed by atoms with Crippen LogP contribution in [0.1, 0.15) is 96.8 Å². The molecule has 0 fully saturated rings. The van der Waals surface area contributed by atoms with Gasteiger partial charge in [0, 0.05) is 6.42 Å². The highest BCUT2D eigenvalue weighted by Gasteiger charge is 2.01. The van der Waals surface area contributed by atoms with E-state index in [4.69, 9.17) is 0 Å². The molecule has 0 radical (unpaired) electrons. The number of hydrogen-bond acceptors (Lipinski definition) is 1. The number of rotatable bonds is 0. The second-order valence-corrected chi connectivity index (χ2v) is 6.20. The van der Waals surface area contributed by atoms with Crippen LogP contribution in [0.5, 0.6) is 0 Å². The molecule has 0 atom stereocenters. The fraction of sp³-hybridized carbons (Fsp3) is 0.833. The summed E-state index contributed by atoms with van der Waals surface area (Å²) in [5, 5.41) is 0. The van der Waals surface area contributed by atoms with Gasteiger partial charge in [0.05, 0.1) is 0 Å². The fourth-order valence-electron chi connectivity index (χ4n) is 2.89. The Balaban J connectivity index is 2.29. The van der Waals surface area contributed by atoms with Gasteiger partial charge >= 0.3 is 0 Å². The minimum absolute atomic E-state index is 0.349. The average Bonchev–Trinajstić information content (AvgIpc) is 2.38. The summed E-state index contributed by atoms with van der Waals surface area (Å²) >= 11 is 0. The summed E-state index contributed by atoms with van der Waals surface area (Å²) in [5.74, 6) is 0.349. The maximum atomic E-state index is 11.8. The van der Waals surface area contributed by atoms with Gasteiger partial charge in [-0.3, -0.25) is 4.79 Å². The zero-order valence-electron chi connectivity index (χ0n) is 12.9. The molecular weight excluding hydrogens is 232 g/mol. The number of ketones is 1. The predicted octanol–water partition coefficient (Wildman–Crippen LogP) is 5.98. The Bertz CT molecular complexity index is 265. The molecule has 0 saturated heterocycles. The molecule has 0 aromatic heterocycles. The van der Waals surface area contributed by atoms with Crippen LogP contribution >= 0.6 is 0 Å². The SMILES string of the molecule is CC1=CC(=O)CCCCCCCCCCCCCC1. The lowest BCUT2D eigenvalue weighted by Gasteiger charge is -2.02. The Morgan fingerprint density at radius 1 is 0.632 bits per heavy atom. The highest BCUT2D eigenvalue weighted by Crippen LogP contribution is 2.15. The van der Waals surface area contributed by atoms with Crippen LogP contribution in [-0.2, 0) is 4.79 Å². The number of hydrogen-bond donors (Lipinski definition) is 0. The summed E-state index contributed by atoms with van der Waals surface area (Å²) < 4.78 is 0. The first kappa shape index (κ1) is 16.5. The third kappa shape index (κ3) is 9.92. The lowest BCUT2D eigenvalue weighted by Crippen LogP contribution is -1.94. The lowest BCUT2D eigenvalue weighted by atomic mass is 10.0. The zero-order valence-corrected chi connectivity index (χ0v) is 12.9. The van der Waals surface area contributed by atoms with Gasteiger partial charge in [-0.25, -0.2) is 0 Å². The second kappa shape index (κ2) is 11.3. The van der Waals surface area contributed by atoms with Gasteiger partial charge in [0.15, 0.2) is 5.78 Å². The smallest absolute Gasteiger partial charge is 0.155 e. The molecule has 0 heterocycles. The number of allylic oxidation sites excluding steroid dienone is 2. The van der Waals surface area contributed by atoms with Gasteiger partial charge < -0.3 is 0 Å². The second-order valence-electron chi connectivity index (χ2n) is 6.20. The van der Waals surface area contributed by atoms with Crippen LogP contribution in [0.2, 0.25) is 0 Å². The van der Waals surface area contributed by atoms with Crippen LogP contribution in [0.4, 0.5) is 0 Å².